The summed E-state index contributed by atoms with van der Waals surface area (Å²) in [7, 11) is -3.85. The van der Waals surface area contributed by atoms with Gasteiger partial charge in [0, 0.05) is 5.69 Å². The Labute approximate surface area is 184 Å². The Hall–Kier alpha value is -3.49. The van der Waals surface area contributed by atoms with Crippen molar-refractivity contribution in [2.24, 2.45) is 0 Å². The number of hydrogen-bond acceptors (Lipinski definition) is 5. The Morgan fingerprint density at radius 3 is 2.35 bits per heavy atom. The van der Waals surface area contributed by atoms with E-state index in [9.17, 15) is 13.2 Å². The Balaban J connectivity index is 1.44. The van der Waals surface area contributed by atoms with Gasteiger partial charge >= 0.3 is 0 Å². The van der Waals surface area contributed by atoms with Crippen LogP contribution in [0.3, 0.4) is 0 Å². The third-order valence-corrected chi connectivity index (χ3v) is 6.12. The number of aromatic nitrogens is 2. The van der Waals surface area contributed by atoms with Crippen LogP contribution in [0.15, 0.2) is 83.8 Å². The predicted molar refractivity (Wildman–Crippen MR) is 121 cm³/mol. The molecule has 0 aliphatic rings. The number of fused-ring (bicyclic) bond motifs is 1. The predicted octanol–water partition coefficient (Wildman–Crippen LogP) is 4.27. The zero-order valence-corrected chi connectivity index (χ0v) is 17.7. The molecule has 1 heterocycles. The first-order valence-electron chi connectivity index (χ1n) is 9.29. The van der Waals surface area contributed by atoms with Gasteiger partial charge in [0.1, 0.15) is 0 Å². The van der Waals surface area contributed by atoms with Gasteiger partial charge in [0.25, 0.3) is 10.0 Å². The molecule has 0 aliphatic heterocycles. The third kappa shape index (κ3) is 4.99. The summed E-state index contributed by atoms with van der Waals surface area (Å²) in [5, 5.41) is 12.3. The average molecular weight is 453 g/mol. The molecule has 2 N–H and O–H groups in total. The molecule has 0 atom stereocenters. The standard InChI is InChI=1S/C22H17ClN4O3S/c23-20-12-13-21(26-25-20)27-31(29,30)18-10-8-17(9-11-18)24-22(28)14-16-6-3-5-15-4-1-2-7-19(15)16/h1-13H,14H2,(H,24,28)(H,26,27). The van der Waals surface area contributed by atoms with E-state index in [1.165, 1.54) is 36.4 Å². The van der Waals surface area contributed by atoms with Gasteiger partial charge in [0.15, 0.2) is 11.0 Å². The number of amides is 1. The molecule has 4 aromatic rings. The molecule has 0 saturated carbocycles. The molecule has 0 fully saturated rings. The summed E-state index contributed by atoms with van der Waals surface area (Å²) in [6.45, 7) is 0. The zero-order chi connectivity index (χ0) is 21.8. The highest BCUT2D eigenvalue weighted by Gasteiger charge is 2.15. The van der Waals surface area contributed by atoms with E-state index in [1.54, 1.807) is 0 Å². The van der Waals surface area contributed by atoms with E-state index in [-0.39, 0.29) is 28.2 Å². The van der Waals surface area contributed by atoms with Crippen molar-refractivity contribution in [2.75, 3.05) is 10.0 Å². The molecule has 0 radical (unpaired) electrons. The van der Waals surface area contributed by atoms with Gasteiger partial charge < -0.3 is 5.32 Å². The van der Waals surface area contributed by atoms with Gasteiger partial charge in [0.2, 0.25) is 5.91 Å². The first-order chi connectivity index (χ1) is 14.9. The lowest BCUT2D eigenvalue weighted by Gasteiger charge is -2.10. The molecule has 1 amide bonds. The average Bonchev–Trinajstić information content (AvgIpc) is 2.76. The minimum Gasteiger partial charge on any atom is -0.326 e. The van der Waals surface area contributed by atoms with E-state index < -0.39 is 10.0 Å². The second kappa shape index (κ2) is 8.71. The fraction of sp³-hybridized carbons (Fsp3) is 0.0455. The molecule has 0 aliphatic carbocycles. The smallest absolute Gasteiger partial charge is 0.263 e. The normalized spacial score (nSPS) is 11.3. The summed E-state index contributed by atoms with van der Waals surface area (Å²) in [4.78, 5) is 12.5. The number of benzene rings is 3. The zero-order valence-electron chi connectivity index (χ0n) is 16.1. The van der Waals surface area contributed by atoms with Crippen LogP contribution < -0.4 is 10.0 Å². The Morgan fingerprint density at radius 1 is 0.871 bits per heavy atom. The van der Waals surface area contributed by atoms with Gasteiger partial charge in [-0.25, -0.2) is 8.42 Å². The van der Waals surface area contributed by atoms with Crippen LogP contribution in [0.4, 0.5) is 11.5 Å². The minimum atomic E-state index is -3.85. The molecule has 0 saturated heterocycles. The van der Waals surface area contributed by atoms with Crippen LogP contribution in [-0.4, -0.2) is 24.5 Å². The van der Waals surface area contributed by atoms with Crippen molar-refractivity contribution < 1.29 is 13.2 Å². The van der Waals surface area contributed by atoms with Crippen LogP contribution in [0, 0.1) is 0 Å². The second-order valence-corrected chi connectivity index (χ2v) is 8.80. The van der Waals surface area contributed by atoms with Crippen LogP contribution in [0.2, 0.25) is 5.15 Å². The van der Waals surface area contributed by atoms with Crippen LogP contribution >= 0.6 is 11.6 Å². The largest absolute Gasteiger partial charge is 0.326 e. The monoisotopic (exact) mass is 452 g/mol. The highest BCUT2D eigenvalue weighted by Crippen LogP contribution is 2.21. The summed E-state index contributed by atoms with van der Waals surface area (Å²) >= 11 is 5.65. The molecule has 31 heavy (non-hydrogen) atoms. The summed E-state index contributed by atoms with van der Waals surface area (Å²) in [5.41, 5.74) is 1.42. The Morgan fingerprint density at radius 2 is 1.61 bits per heavy atom. The molecular weight excluding hydrogens is 436 g/mol. The number of rotatable bonds is 6. The van der Waals surface area contributed by atoms with E-state index >= 15 is 0 Å². The van der Waals surface area contributed by atoms with Crippen molar-refractivity contribution in [1.29, 1.82) is 0 Å². The van der Waals surface area contributed by atoms with Crippen molar-refractivity contribution >= 4 is 49.8 Å². The number of carbonyl (C=O) groups is 1. The van der Waals surface area contributed by atoms with Gasteiger partial charge in [-0.15, -0.1) is 10.2 Å². The first kappa shape index (κ1) is 20.8. The molecule has 9 heteroatoms. The van der Waals surface area contributed by atoms with Crippen LogP contribution in [0.1, 0.15) is 5.56 Å². The molecule has 4 rings (SSSR count). The van der Waals surface area contributed by atoms with Crippen LogP contribution in [0.25, 0.3) is 10.8 Å². The quantitative estimate of drug-likeness (QED) is 0.455. The second-order valence-electron chi connectivity index (χ2n) is 6.73. The fourth-order valence-electron chi connectivity index (χ4n) is 3.11. The lowest BCUT2D eigenvalue weighted by molar-refractivity contribution is -0.115. The van der Waals surface area contributed by atoms with Gasteiger partial charge in [-0.3, -0.25) is 9.52 Å². The highest BCUT2D eigenvalue weighted by atomic mass is 35.5. The Kier molecular flexibility index (Phi) is 5.83. The van der Waals surface area contributed by atoms with Gasteiger partial charge in [-0.2, -0.15) is 0 Å². The number of nitrogens with one attached hydrogen (secondary N) is 2. The molecule has 156 valence electrons. The number of carbonyl (C=O) groups excluding carboxylic acids is 1. The summed E-state index contributed by atoms with van der Waals surface area (Å²) in [6.07, 6.45) is 0.207. The van der Waals surface area contributed by atoms with Crippen molar-refractivity contribution in [1.82, 2.24) is 10.2 Å². The Bertz CT molecular complexity index is 1340. The number of anilines is 2. The molecule has 0 spiro atoms. The van der Waals surface area contributed by atoms with E-state index in [4.69, 9.17) is 11.6 Å². The van der Waals surface area contributed by atoms with Crippen molar-refractivity contribution in [3.8, 4) is 0 Å². The van der Waals surface area contributed by atoms with Gasteiger partial charge in [-0.05, 0) is 52.7 Å². The fourth-order valence-corrected chi connectivity index (χ4v) is 4.21. The topological polar surface area (TPSA) is 101 Å². The third-order valence-electron chi connectivity index (χ3n) is 4.55. The molecular formula is C22H17ClN4O3S. The van der Waals surface area contributed by atoms with E-state index in [2.05, 4.69) is 20.2 Å². The number of halogens is 1. The number of hydrogen-bond donors (Lipinski definition) is 2. The number of sulfonamides is 1. The van der Waals surface area contributed by atoms with Crippen LogP contribution in [0.5, 0.6) is 0 Å². The van der Waals surface area contributed by atoms with Crippen molar-refractivity contribution in [3.63, 3.8) is 0 Å². The van der Waals surface area contributed by atoms with E-state index in [1.807, 2.05) is 42.5 Å². The maximum Gasteiger partial charge on any atom is 0.263 e. The molecule has 0 bridgehead atoms. The number of nitrogens with zero attached hydrogens (tertiary/aromatic N) is 2. The SMILES string of the molecule is O=C(Cc1cccc2ccccc12)Nc1ccc(S(=O)(=O)Nc2ccc(Cl)nn2)cc1. The molecule has 0 unspecified atom stereocenters. The van der Waals surface area contributed by atoms with Gasteiger partial charge in [-0.1, -0.05) is 54.1 Å². The van der Waals surface area contributed by atoms with Crippen LogP contribution in [-0.2, 0) is 21.2 Å². The first-order valence-corrected chi connectivity index (χ1v) is 11.2. The summed E-state index contributed by atoms with van der Waals surface area (Å²) in [6, 6.07) is 22.4. The minimum absolute atomic E-state index is 0.0244. The van der Waals surface area contributed by atoms with E-state index in [0.717, 1.165) is 16.3 Å². The van der Waals surface area contributed by atoms with Crippen molar-refractivity contribution in [3.05, 3.63) is 89.6 Å². The van der Waals surface area contributed by atoms with E-state index in [0.29, 0.717) is 5.69 Å². The summed E-state index contributed by atoms with van der Waals surface area (Å²) in [5.74, 6) is -0.140. The van der Waals surface area contributed by atoms with Gasteiger partial charge in [0.05, 0.1) is 11.3 Å². The summed E-state index contributed by atoms with van der Waals surface area (Å²) < 4.78 is 27.3. The highest BCUT2D eigenvalue weighted by molar-refractivity contribution is 7.92. The molecule has 3 aromatic carbocycles. The maximum absolute atomic E-state index is 12.5. The maximum atomic E-state index is 12.5. The molecule has 7 nitrogen and oxygen atoms in total. The lowest BCUT2D eigenvalue weighted by atomic mass is 10.0. The lowest BCUT2D eigenvalue weighted by Crippen LogP contribution is -2.16. The molecule has 1 aromatic heterocycles. The van der Waals surface area contributed by atoms with Crippen molar-refractivity contribution in [2.45, 2.75) is 11.3 Å².